The first-order valence-corrected chi connectivity index (χ1v) is 10.5. The van der Waals surface area contributed by atoms with Crippen molar-refractivity contribution in [2.45, 2.75) is 13.1 Å². The Kier molecular flexibility index (Phi) is 5.90. The molecule has 0 spiro atoms. The molecule has 5 nitrogen and oxygen atoms in total. The Morgan fingerprint density at radius 1 is 1.04 bits per heavy atom. The van der Waals surface area contributed by atoms with Crippen molar-refractivity contribution in [3.63, 3.8) is 0 Å². The van der Waals surface area contributed by atoms with E-state index in [2.05, 4.69) is 45.7 Å². The van der Waals surface area contributed by atoms with Crippen molar-refractivity contribution >= 4 is 22.9 Å². The normalized spacial score (nSPS) is 15.6. The number of carbonyl (C=O) groups is 1. The summed E-state index contributed by atoms with van der Waals surface area (Å²) in [5.74, 6) is -0.0710. The summed E-state index contributed by atoms with van der Waals surface area (Å²) in [5.41, 5.74) is 2.76. The fourth-order valence-corrected chi connectivity index (χ4v) is 4.24. The van der Waals surface area contributed by atoms with Gasteiger partial charge in [-0.25, -0.2) is 0 Å². The van der Waals surface area contributed by atoms with Crippen LogP contribution in [0.2, 0.25) is 0 Å². The van der Waals surface area contributed by atoms with Crippen LogP contribution in [0.25, 0.3) is 0 Å². The monoisotopic (exact) mass is 394 g/mol. The quantitative estimate of drug-likeness (QED) is 0.695. The number of likely N-dealkylation sites (N-methyl/N-ethyl adjacent to an activating group) is 1. The van der Waals surface area contributed by atoms with Gasteiger partial charge in [0.15, 0.2) is 0 Å². The lowest BCUT2D eigenvalue weighted by Gasteiger charge is -2.32. The molecule has 1 N–H and O–H groups in total. The third-order valence-electron chi connectivity index (χ3n) is 5.16. The molecular weight excluding hydrogens is 368 g/mol. The van der Waals surface area contributed by atoms with E-state index in [-0.39, 0.29) is 5.91 Å². The molecule has 0 bridgehead atoms. The zero-order valence-corrected chi connectivity index (χ0v) is 17.0. The molecule has 28 heavy (non-hydrogen) atoms. The molecule has 3 aromatic rings. The number of anilines is 1. The molecule has 0 saturated carbocycles. The van der Waals surface area contributed by atoms with E-state index in [4.69, 9.17) is 0 Å². The summed E-state index contributed by atoms with van der Waals surface area (Å²) in [4.78, 5) is 18.9. The minimum atomic E-state index is -0.0710. The number of carbonyl (C=O) groups excluding carboxylic acids is 1. The minimum absolute atomic E-state index is 0.0710. The second kappa shape index (κ2) is 8.73. The summed E-state index contributed by atoms with van der Waals surface area (Å²) in [6, 6.07) is 16.1. The van der Waals surface area contributed by atoms with E-state index in [1.54, 1.807) is 11.3 Å². The highest BCUT2D eigenvalue weighted by Crippen LogP contribution is 2.17. The number of aromatic nitrogens is 1. The topological polar surface area (TPSA) is 40.5 Å². The average Bonchev–Trinajstić information content (AvgIpc) is 3.36. The minimum Gasteiger partial charge on any atom is -0.338 e. The van der Waals surface area contributed by atoms with E-state index in [0.29, 0.717) is 5.69 Å². The molecule has 146 valence electrons. The van der Waals surface area contributed by atoms with Crippen LogP contribution in [0.1, 0.15) is 20.9 Å². The van der Waals surface area contributed by atoms with E-state index in [9.17, 15) is 4.79 Å². The second-order valence-corrected chi connectivity index (χ2v) is 8.37. The summed E-state index contributed by atoms with van der Waals surface area (Å²) in [6.45, 7) is 6.03. The van der Waals surface area contributed by atoms with Gasteiger partial charge in [-0.15, -0.1) is 11.3 Å². The molecule has 6 heteroatoms. The molecule has 1 aliphatic heterocycles. The number of benzene rings is 1. The van der Waals surface area contributed by atoms with Gasteiger partial charge < -0.3 is 14.8 Å². The summed E-state index contributed by atoms with van der Waals surface area (Å²) >= 11 is 1.70. The fraction of sp³-hybridized carbons (Fsp3) is 0.318. The van der Waals surface area contributed by atoms with Gasteiger partial charge in [-0.05, 0) is 48.3 Å². The van der Waals surface area contributed by atoms with Crippen LogP contribution in [0, 0.1) is 0 Å². The summed E-state index contributed by atoms with van der Waals surface area (Å²) in [7, 11) is 2.17. The molecule has 1 aromatic carbocycles. The van der Waals surface area contributed by atoms with Crippen molar-refractivity contribution in [1.82, 2.24) is 14.4 Å². The molecule has 1 fully saturated rings. The number of hydrogen-bond donors (Lipinski definition) is 1. The lowest BCUT2D eigenvalue weighted by Crippen LogP contribution is -2.43. The van der Waals surface area contributed by atoms with Gasteiger partial charge in [0.25, 0.3) is 5.91 Å². The van der Waals surface area contributed by atoms with Crippen LogP contribution >= 0.6 is 11.3 Å². The van der Waals surface area contributed by atoms with Crippen molar-refractivity contribution < 1.29 is 4.79 Å². The first kappa shape index (κ1) is 18.9. The molecule has 0 aliphatic carbocycles. The first-order chi connectivity index (χ1) is 13.7. The Balaban J connectivity index is 1.40. The van der Waals surface area contributed by atoms with Gasteiger partial charge in [0, 0.05) is 49.5 Å². The molecule has 1 amide bonds. The highest BCUT2D eigenvalue weighted by atomic mass is 32.1. The summed E-state index contributed by atoms with van der Waals surface area (Å²) in [6.07, 6.45) is 1.96. The van der Waals surface area contributed by atoms with Crippen LogP contribution in [-0.2, 0) is 13.1 Å². The van der Waals surface area contributed by atoms with Crippen molar-refractivity contribution in [2.24, 2.45) is 0 Å². The van der Waals surface area contributed by atoms with Gasteiger partial charge in [-0.3, -0.25) is 9.69 Å². The van der Waals surface area contributed by atoms with Gasteiger partial charge in [0.05, 0.1) is 6.54 Å². The van der Waals surface area contributed by atoms with Crippen molar-refractivity contribution in [3.8, 4) is 0 Å². The summed E-state index contributed by atoms with van der Waals surface area (Å²) < 4.78 is 2.00. The smallest absolute Gasteiger partial charge is 0.272 e. The predicted octanol–water partition coefficient (Wildman–Crippen LogP) is 3.60. The second-order valence-electron chi connectivity index (χ2n) is 7.33. The number of hydrogen-bond acceptors (Lipinski definition) is 4. The van der Waals surface area contributed by atoms with Gasteiger partial charge >= 0.3 is 0 Å². The molecule has 0 radical (unpaired) electrons. The third kappa shape index (κ3) is 4.70. The molecule has 1 aliphatic rings. The predicted molar refractivity (Wildman–Crippen MR) is 115 cm³/mol. The van der Waals surface area contributed by atoms with E-state index < -0.39 is 0 Å². The van der Waals surface area contributed by atoms with Crippen LogP contribution in [0.4, 0.5) is 5.69 Å². The third-order valence-corrected chi connectivity index (χ3v) is 6.02. The highest BCUT2D eigenvalue weighted by Gasteiger charge is 2.15. The van der Waals surface area contributed by atoms with E-state index >= 15 is 0 Å². The Bertz CT molecular complexity index is 910. The zero-order valence-electron chi connectivity index (χ0n) is 16.2. The number of amides is 1. The van der Waals surface area contributed by atoms with Gasteiger partial charge in [0.2, 0.25) is 0 Å². The van der Waals surface area contributed by atoms with Crippen molar-refractivity contribution in [3.05, 3.63) is 76.2 Å². The van der Waals surface area contributed by atoms with Crippen LogP contribution in [0.3, 0.4) is 0 Å². The number of thiophene rings is 1. The fourth-order valence-electron chi connectivity index (χ4n) is 3.54. The van der Waals surface area contributed by atoms with E-state index in [1.165, 1.54) is 10.4 Å². The maximum absolute atomic E-state index is 12.8. The molecule has 1 saturated heterocycles. The molecular formula is C22H26N4OS. The van der Waals surface area contributed by atoms with Crippen LogP contribution in [-0.4, -0.2) is 53.5 Å². The van der Waals surface area contributed by atoms with Crippen molar-refractivity contribution in [1.29, 1.82) is 0 Å². The Hall–Kier alpha value is -2.41. The summed E-state index contributed by atoms with van der Waals surface area (Å²) in [5, 5.41) is 5.13. The lowest BCUT2D eigenvalue weighted by molar-refractivity contribution is 0.101. The molecule has 3 heterocycles. The van der Waals surface area contributed by atoms with Crippen molar-refractivity contribution in [2.75, 3.05) is 38.5 Å². The first-order valence-electron chi connectivity index (χ1n) is 9.66. The molecule has 0 atom stereocenters. The number of nitrogens with zero attached hydrogens (tertiary/aromatic N) is 3. The lowest BCUT2D eigenvalue weighted by atomic mass is 10.1. The van der Waals surface area contributed by atoms with E-state index in [1.807, 2.05) is 41.1 Å². The number of nitrogens with one attached hydrogen (secondary N) is 1. The van der Waals surface area contributed by atoms with Gasteiger partial charge in [-0.1, -0.05) is 18.2 Å². The largest absolute Gasteiger partial charge is 0.338 e. The SMILES string of the molecule is CN1CCN(Cc2cccc(NC(=O)c3cccn3Cc3cccs3)c2)CC1. The molecule has 2 aromatic heterocycles. The standard InChI is InChI=1S/C22H26N4OS/c1-24-10-12-25(13-11-24)16-18-5-2-6-19(15-18)23-22(27)21-8-3-9-26(21)17-20-7-4-14-28-20/h2-9,14-15H,10-13,16-17H2,1H3,(H,23,27). The van der Waals surface area contributed by atoms with Gasteiger partial charge in [0.1, 0.15) is 5.69 Å². The van der Waals surface area contributed by atoms with Gasteiger partial charge in [-0.2, -0.15) is 0 Å². The Morgan fingerprint density at radius 2 is 1.89 bits per heavy atom. The Labute approximate surface area is 170 Å². The molecule has 0 unspecified atom stereocenters. The van der Waals surface area contributed by atoms with Crippen LogP contribution in [0.5, 0.6) is 0 Å². The van der Waals surface area contributed by atoms with Crippen LogP contribution < -0.4 is 5.32 Å². The zero-order chi connectivity index (χ0) is 19.3. The Morgan fingerprint density at radius 3 is 2.68 bits per heavy atom. The number of piperazine rings is 1. The average molecular weight is 395 g/mol. The highest BCUT2D eigenvalue weighted by molar-refractivity contribution is 7.09. The maximum atomic E-state index is 12.8. The van der Waals surface area contributed by atoms with Crippen LogP contribution in [0.15, 0.2) is 60.1 Å². The van der Waals surface area contributed by atoms with E-state index in [0.717, 1.165) is 45.0 Å². The number of rotatable bonds is 6. The maximum Gasteiger partial charge on any atom is 0.272 e. The molecule has 4 rings (SSSR count).